The molecule has 2 rings (SSSR count). The smallest absolute Gasteiger partial charge is 0.405 e. The Bertz CT molecular complexity index is 585. The summed E-state index contributed by atoms with van der Waals surface area (Å²) in [6.45, 7) is 0.586. The fourth-order valence-corrected chi connectivity index (χ4v) is 1.85. The maximum Gasteiger partial charge on any atom is 0.573 e. The second kappa shape index (κ2) is 5.92. The third-order valence-corrected chi connectivity index (χ3v) is 2.60. The molecule has 0 saturated carbocycles. The van der Waals surface area contributed by atoms with E-state index >= 15 is 0 Å². The van der Waals surface area contributed by atoms with E-state index in [-0.39, 0.29) is 5.75 Å². The van der Waals surface area contributed by atoms with Gasteiger partial charge in [0.25, 0.3) is 0 Å². The quantitative estimate of drug-likeness (QED) is 0.933. The summed E-state index contributed by atoms with van der Waals surface area (Å²) in [6.07, 6.45) is -1.54. The van der Waals surface area contributed by atoms with Crippen LogP contribution in [0.5, 0.6) is 5.75 Å². The van der Waals surface area contributed by atoms with Gasteiger partial charge in [-0.05, 0) is 24.7 Å². The van der Waals surface area contributed by atoms with Crippen LogP contribution in [0.4, 0.5) is 13.2 Å². The zero-order valence-corrected chi connectivity index (χ0v) is 10.7. The average Bonchev–Trinajstić information content (AvgIpc) is 2.38. The second-order valence-corrected chi connectivity index (χ2v) is 4.16. The summed E-state index contributed by atoms with van der Waals surface area (Å²) < 4.78 is 41.2. The van der Waals surface area contributed by atoms with Crippen molar-refractivity contribution < 1.29 is 17.9 Å². The minimum Gasteiger partial charge on any atom is -0.405 e. The van der Waals surface area contributed by atoms with Crippen LogP contribution in [0, 0.1) is 0 Å². The SMILES string of the molecule is CNCc1cncc(-c2ccccc2OC(F)(F)F)c1. The summed E-state index contributed by atoms with van der Waals surface area (Å²) in [7, 11) is 1.79. The van der Waals surface area contributed by atoms with Crippen molar-refractivity contribution in [2.75, 3.05) is 7.05 Å². The first-order valence-electron chi connectivity index (χ1n) is 5.93. The van der Waals surface area contributed by atoms with Gasteiger partial charge in [0.1, 0.15) is 5.75 Å². The number of hydrogen-bond donors (Lipinski definition) is 1. The summed E-state index contributed by atoms with van der Waals surface area (Å²) >= 11 is 0. The van der Waals surface area contributed by atoms with Crippen molar-refractivity contribution in [3.05, 3.63) is 48.3 Å². The Hall–Kier alpha value is -2.08. The zero-order valence-electron chi connectivity index (χ0n) is 10.7. The van der Waals surface area contributed by atoms with E-state index in [0.717, 1.165) is 5.56 Å². The van der Waals surface area contributed by atoms with Gasteiger partial charge in [0, 0.05) is 30.1 Å². The maximum absolute atomic E-state index is 12.4. The molecule has 0 amide bonds. The topological polar surface area (TPSA) is 34.2 Å². The summed E-state index contributed by atoms with van der Waals surface area (Å²) in [5, 5.41) is 2.96. The van der Waals surface area contributed by atoms with E-state index in [1.54, 1.807) is 31.4 Å². The number of benzene rings is 1. The summed E-state index contributed by atoms with van der Waals surface area (Å²) in [5.74, 6) is -0.233. The number of alkyl halides is 3. The fraction of sp³-hybridized carbons (Fsp3) is 0.214. The largest absolute Gasteiger partial charge is 0.573 e. The first-order chi connectivity index (χ1) is 9.49. The number of nitrogens with zero attached hydrogens (tertiary/aromatic N) is 1. The normalized spacial score (nSPS) is 11.4. The lowest BCUT2D eigenvalue weighted by Gasteiger charge is -2.13. The molecule has 1 aromatic heterocycles. The van der Waals surface area contributed by atoms with Crippen molar-refractivity contribution in [3.63, 3.8) is 0 Å². The van der Waals surface area contributed by atoms with E-state index in [4.69, 9.17) is 0 Å². The summed E-state index contributed by atoms with van der Waals surface area (Å²) in [4.78, 5) is 4.04. The maximum atomic E-state index is 12.4. The van der Waals surface area contributed by atoms with Crippen LogP contribution in [-0.4, -0.2) is 18.4 Å². The molecule has 0 saturated heterocycles. The Kier molecular flexibility index (Phi) is 4.24. The highest BCUT2D eigenvalue weighted by Gasteiger charge is 2.32. The molecule has 0 aliphatic heterocycles. The van der Waals surface area contributed by atoms with Crippen molar-refractivity contribution >= 4 is 0 Å². The second-order valence-electron chi connectivity index (χ2n) is 4.16. The van der Waals surface area contributed by atoms with Gasteiger partial charge in [0.05, 0.1) is 0 Å². The molecule has 0 aliphatic carbocycles. The Morgan fingerprint density at radius 2 is 1.95 bits per heavy atom. The van der Waals surface area contributed by atoms with Crippen molar-refractivity contribution in [2.24, 2.45) is 0 Å². The molecule has 0 bridgehead atoms. The van der Waals surface area contributed by atoms with Gasteiger partial charge < -0.3 is 10.1 Å². The van der Waals surface area contributed by atoms with Crippen molar-refractivity contribution in [3.8, 4) is 16.9 Å². The van der Waals surface area contributed by atoms with E-state index in [1.807, 2.05) is 0 Å². The molecule has 6 heteroatoms. The number of nitrogens with one attached hydrogen (secondary N) is 1. The lowest BCUT2D eigenvalue weighted by Crippen LogP contribution is -2.17. The van der Waals surface area contributed by atoms with Crippen molar-refractivity contribution in [1.82, 2.24) is 10.3 Å². The average molecular weight is 282 g/mol. The number of para-hydroxylation sites is 1. The van der Waals surface area contributed by atoms with Crippen LogP contribution >= 0.6 is 0 Å². The van der Waals surface area contributed by atoms with Crippen LogP contribution < -0.4 is 10.1 Å². The number of ether oxygens (including phenoxy) is 1. The molecular weight excluding hydrogens is 269 g/mol. The highest BCUT2D eigenvalue weighted by Crippen LogP contribution is 2.33. The van der Waals surface area contributed by atoms with Crippen LogP contribution in [-0.2, 0) is 6.54 Å². The van der Waals surface area contributed by atoms with Gasteiger partial charge >= 0.3 is 6.36 Å². The molecule has 2 aromatic rings. The van der Waals surface area contributed by atoms with Gasteiger partial charge in [-0.2, -0.15) is 0 Å². The van der Waals surface area contributed by atoms with Crippen LogP contribution in [0.2, 0.25) is 0 Å². The van der Waals surface area contributed by atoms with Gasteiger partial charge in [-0.25, -0.2) is 0 Å². The van der Waals surface area contributed by atoms with E-state index in [0.29, 0.717) is 17.7 Å². The monoisotopic (exact) mass is 282 g/mol. The van der Waals surface area contributed by atoms with E-state index in [2.05, 4.69) is 15.0 Å². The Morgan fingerprint density at radius 1 is 1.20 bits per heavy atom. The van der Waals surface area contributed by atoms with E-state index < -0.39 is 6.36 Å². The molecule has 3 nitrogen and oxygen atoms in total. The predicted octanol–water partition coefficient (Wildman–Crippen LogP) is 3.37. The molecule has 0 radical (unpaired) electrons. The molecule has 20 heavy (non-hydrogen) atoms. The van der Waals surface area contributed by atoms with Gasteiger partial charge in [-0.3, -0.25) is 4.98 Å². The molecule has 0 atom stereocenters. The predicted molar refractivity (Wildman–Crippen MR) is 69.1 cm³/mol. The highest BCUT2D eigenvalue weighted by molar-refractivity contribution is 5.70. The first kappa shape index (κ1) is 14.3. The number of pyridine rings is 1. The van der Waals surface area contributed by atoms with Crippen LogP contribution in [0.3, 0.4) is 0 Å². The lowest BCUT2D eigenvalue weighted by atomic mass is 10.1. The first-order valence-corrected chi connectivity index (χ1v) is 5.93. The summed E-state index contributed by atoms with van der Waals surface area (Å²) in [5.41, 5.74) is 1.82. The van der Waals surface area contributed by atoms with E-state index in [1.165, 1.54) is 18.3 Å². The molecule has 106 valence electrons. The van der Waals surface area contributed by atoms with Crippen LogP contribution in [0.25, 0.3) is 11.1 Å². The molecule has 0 aliphatic rings. The van der Waals surface area contributed by atoms with Crippen LogP contribution in [0.1, 0.15) is 5.56 Å². The number of aromatic nitrogens is 1. The fourth-order valence-electron chi connectivity index (χ4n) is 1.85. The molecule has 1 aromatic carbocycles. The van der Waals surface area contributed by atoms with Gasteiger partial charge in [-0.15, -0.1) is 13.2 Å². The molecule has 1 heterocycles. The minimum atomic E-state index is -4.72. The molecule has 0 fully saturated rings. The molecule has 1 N–H and O–H groups in total. The minimum absolute atomic E-state index is 0.233. The summed E-state index contributed by atoms with van der Waals surface area (Å²) in [6, 6.07) is 7.79. The molecule has 0 unspecified atom stereocenters. The van der Waals surface area contributed by atoms with Crippen molar-refractivity contribution in [1.29, 1.82) is 0 Å². The molecule has 0 spiro atoms. The standard InChI is InChI=1S/C14H13F3N2O/c1-18-7-10-6-11(9-19-8-10)12-4-2-3-5-13(12)20-14(15,16)17/h2-6,8-9,18H,7H2,1H3. The Labute approximate surface area is 114 Å². The van der Waals surface area contributed by atoms with E-state index in [9.17, 15) is 13.2 Å². The Morgan fingerprint density at radius 3 is 2.65 bits per heavy atom. The van der Waals surface area contributed by atoms with Crippen LogP contribution in [0.15, 0.2) is 42.7 Å². The van der Waals surface area contributed by atoms with Gasteiger partial charge in [0.15, 0.2) is 0 Å². The highest BCUT2D eigenvalue weighted by atomic mass is 19.4. The number of hydrogen-bond acceptors (Lipinski definition) is 3. The third kappa shape index (κ3) is 3.71. The zero-order chi connectivity index (χ0) is 14.6. The molecular formula is C14H13F3N2O. The Balaban J connectivity index is 2.39. The van der Waals surface area contributed by atoms with Crippen molar-refractivity contribution in [2.45, 2.75) is 12.9 Å². The number of halogens is 3. The van der Waals surface area contributed by atoms with Gasteiger partial charge in [0.2, 0.25) is 0 Å². The third-order valence-electron chi connectivity index (χ3n) is 2.60. The van der Waals surface area contributed by atoms with Gasteiger partial charge in [-0.1, -0.05) is 18.2 Å². The number of rotatable bonds is 4. The lowest BCUT2D eigenvalue weighted by molar-refractivity contribution is -0.274.